The molecule has 0 aliphatic carbocycles. The molecule has 146 valence electrons. The predicted octanol–water partition coefficient (Wildman–Crippen LogP) is 2.42. The number of hydrogen-bond donors (Lipinski definition) is 0. The van der Waals surface area contributed by atoms with Crippen molar-refractivity contribution in [3.63, 3.8) is 0 Å². The molecular weight excluding hydrogens is 340 g/mol. The second kappa shape index (κ2) is 7.63. The molecule has 5 heteroatoms. The molecule has 1 atom stereocenters. The van der Waals surface area contributed by atoms with Crippen molar-refractivity contribution in [1.29, 1.82) is 0 Å². The molecule has 2 amide bonds. The zero-order chi connectivity index (χ0) is 18.9. The number of amides is 2. The molecule has 3 saturated heterocycles. The Hall–Kier alpha value is -1.88. The summed E-state index contributed by atoms with van der Waals surface area (Å²) in [7, 11) is 0. The van der Waals surface area contributed by atoms with E-state index in [0.717, 1.165) is 44.3 Å². The fraction of sp³-hybridized carbons (Fsp3) is 0.636. The molecule has 0 saturated carbocycles. The predicted molar refractivity (Wildman–Crippen MR) is 103 cm³/mol. The molecule has 4 rings (SSSR count). The highest BCUT2D eigenvalue weighted by molar-refractivity contribution is 5.84. The van der Waals surface area contributed by atoms with Crippen LogP contribution in [0.1, 0.15) is 36.8 Å². The van der Waals surface area contributed by atoms with Crippen molar-refractivity contribution in [3.8, 4) is 0 Å². The Bertz CT molecular complexity index is 688. The van der Waals surface area contributed by atoms with E-state index in [1.165, 1.54) is 5.56 Å². The summed E-state index contributed by atoms with van der Waals surface area (Å²) in [6.07, 6.45) is 4.38. The first-order valence-corrected chi connectivity index (χ1v) is 10.3. The molecule has 1 aromatic carbocycles. The number of likely N-dealkylation sites (tertiary alicyclic amines) is 2. The fourth-order valence-electron chi connectivity index (χ4n) is 4.93. The van der Waals surface area contributed by atoms with Crippen molar-refractivity contribution in [2.24, 2.45) is 11.3 Å². The number of carbonyl (C=O) groups excluding carboxylic acids is 2. The van der Waals surface area contributed by atoms with Gasteiger partial charge in [-0.2, -0.15) is 0 Å². The minimum Gasteiger partial charge on any atom is -0.381 e. The quantitative estimate of drug-likeness (QED) is 0.821. The van der Waals surface area contributed by atoms with Crippen LogP contribution in [0, 0.1) is 18.3 Å². The molecule has 1 aromatic rings. The van der Waals surface area contributed by atoms with Crippen LogP contribution in [0.15, 0.2) is 24.3 Å². The normalized spacial score (nSPS) is 24.6. The van der Waals surface area contributed by atoms with Crippen molar-refractivity contribution >= 4 is 11.8 Å². The average molecular weight is 370 g/mol. The van der Waals surface area contributed by atoms with Crippen LogP contribution in [-0.2, 0) is 20.7 Å². The first-order chi connectivity index (χ1) is 13.1. The van der Waals surface area contributed by atoms with Crippen LogP contribution in [0.5, 0.6) is 0 Å². The van der Waals surface area contributed by atoms with E-state index in [9.17, 15) is 9.59 Å². The van der Waals surface area contributed by atoms with Crippen LogP contribution in [0.25, 0.3) is 0 Å². The van der Waals surface area contributed by atoms with Crippen molar-refractivity contribution in [3.05, 3.63) is 35.4 Å². The molecule has 27 heavy (non-hydrogen) atoms. The molecule has 5 nitrogen and oxygen atoms in total. The number of ether oxygens (including phenoxy) is 1. The van der Waals surface area contributed by atoms with Crippen LogP contribution < -0.4 is 0 Å². The molecule has 0 N–H and O–H groups in total. The zero-order valence-corrected chi connectivity index (χ0v) is 16.3. The van der Waals surface area contributed by atoms with E-state index in [-0.39, 0.29) is 23.1 Å². The number of benzene rings is 1. The lowest BCUT2D eigenvalue weighted by molar-refractivity contribution is -0.139. The number of aryl methyl sites for hydroxylation is 1. The van der Waals surface area contributed by atoms with Crippen LogP contribution in [0.3, 0.4) is 0 Å². The molecule has 0 radical (unpaired) electrons. The van der Waals surface area contributed by atoms with Crippen molar-refractivity contribution < 1.29 is 14.3 Å². The Morgan fingerprint density at radius 1 is 1.07 bits per heavy atom. The highest BCUT2D eigenvalue weighted by Gasteiger charge is 2.52. The Morgan fingerprint density at radius 3 is 2.41 bits per heavy atom. The SMILES string of the molecule is Cc1ccc(CC(=O)N2CC(C(=O)N3CCCC3)C3(CCOCC3)C2)cc1. The summed E-state index contributed by atoms with van der Waals surface area (Å²) in [5.41, 5.74) is 2.15. The number of carbonyl (C=O) groups is 2. The van der Waals surface area contributed by atoms with E-state index in [2.05, 4.69) is 6.92 Å². The standard InChI is InChI=1S/C22H30N2O3/c1-17-4-6-18(7-5-17)14-20(25)24-15-19(21(26)23-10-2-3-11-23)22(16-24)8-12-27-13-9-22/h4-7,19H,2-3,8-16H2,1H3. The van der Waals surface area contributed by atoms with E-state index in [4.69, 9.17) is 4.74 Å². The minimum atomic E-state index is -0.0964. The molecule has 1 unspecified atom stereocenters. The van der Waals surface area contributed by atoms with E-state index in [0.29, 0.717) is 32.7 Å². The van der Waals surface area contributed by atoms with Gasteiger partial charge in [-0.3, -0.25) is 9.59 Å². The third-order valence-corrected chi connectivity index (χ3v) is 6.68. The number of nitrogens with zero attached hydrogens (tertiary/aromatic N) is 2. The van der Waals surface area contributed by atoms with E-state index < -0.39 is 0 Å². The zero-order valence-electron chi connectivity index (χ0n) is 16.3. The number of hydrogen-bond acceptors (Lipinski definition) is 3. The smallest absolute Gasteiger partial charge is 0.228 e. The molecule has 3 heterocycles. The summed E-state index contributed by atoms with van der Waals surface area (Å²) in [5, 5.41) is 0. The van der Waals surface area contributed by atoms with Gasteiger partial charge in [-0.15, -0.1) is 0 Å². The third kappa shape index (κ3) is 3.75. The molecule has 0 bridgehead atoms. The van der Waals surface area contributed by atoms with Gasteiger partial charge in [0.05, 0.1) is 12.3 Å². The summed E-state index contributed by atoms with van der Waals surface area (Å²) < 4.78 is 5.58. The Morgan fingerprint density at radius 2 is 1.74 bits per heavy atom. The van der Waals surface area contributed by atoms with E-state index >= 15 is 0 Å². The van der Waals surface area contributed by atoms with Gasteiger partial charge in [0, 0.05) is 44.8 Å². The Kier molecular flexibility index (Phi) is 5.22. The second-order valence-electron chi connectivity index (χ2n) is 8.50. The summed E-state index contributed by atoms with van der Waals surface area (Å²) >= 11 is 0. The number of rotatable bonds is 3. The highest BCUT2D eigenvalue weighted by atomic mass is 16.5. The van der Waals surface area contributed by atoms with Gasteiger partial charge in [0.1, 0.15) is 0 Å². The molecule has 3 aliphatic rings. The van der Waals surface area contributed by atoms with Crippen molar-refractivity contribution in [2.75, 3.05) is 39.4 Å². The molecule has 3 fully saturated rings. The van der Waals surface area contributed by atoms with Gasteiger partial charge in [0.25, 0.3) is 0 Å². The minimum absolute atomic E-state index is 0.0681. The van der Waals surface area contributed by atoms with Gasteiger partial charge in [-0.25, -0.2) is 0 Å². The molecule has 1 spiro atoms. The van der Waals surface area contributed by atoms with Gasteiger partial charge < -0.3 is 14.5 Å². The third-order valence-electron chi connectivity index (χ3n) is 6.68. The second-order valence-corrected chi connectivity index (χ2v) is 8.50. The Balaban J connectivity index is 1.50. The highest BCUT2D eigenvalue weighted by Crippen LogP contribution is 2.45. The molecule has 0 aromatic heterocycles. The van der Waals surface area contributed by atoms with Gasteiger partial charge in [-0.05, 0) is 38.2 Å². The van der Waals surface area contributed by atoms with Crippen LogP contribution in [0.2, 0.25) is 0 Å². The maximum absolute atomic E-state index is 13.2. The lowest BCUT2D eigenvalue weighted by Crippen LogP contribution is -2.45. The lowest BCUT2D eigenvalue weighted by Gasteiger charge is -2.38. The topological polar surface area (TPSA) is 49.9 Å². The summed E-state index contributed by atoms with van der Waals surface area (Å²) in [4.78, 5) is 30.2. The van der Waals surface area contributed by atoms with Gasteiger partial charge in [0.15, 0.2) is 0 Å². The summed E-state index contributed by atoms with van der Waals surface area (Å²) in [5.74, 6) is 0.336. The van der Waals surface area contributed by atoms with E-state index in [1.807, 2.05) is 34.1 Å². The van der Waals surface area contributed by atoms with Crippen LogP contribution >= 0.6 is 0 Å². The monoisotopic (exact) mass is 370 g/mol. The summed E-state index contributed by atoms with van der Waals surface area (Å²) in [6, 6.07) is 8.15. The van der Waals surface area contributed by atoms with Crippen molar-refractivity contribution in [2.45, 2.75) is 39.0 Å². The fourth-order valence-corrected chi connectivity index (χ4v) is 4.93. The lowest BCUT2D eigenvalue weighted by atomic mass is 9.71. The maximum Gasteiger partial charge on any atom is 0.228 e. The van der Waals surface area contributed by atoms with Gasteiger partial charge in [-0.1, -0.05) is 29.8 Å². The molecule has 3 aliphatic heterocycles. The van der Waals surface area contributed by atoms with Crippen molar-refractivity contribution in [1.82, 2.24) is 9.80 Å². The first kappa shape index (κ1) is 18.5. The average Bonchev–Trinajstić information content (AvgIpc) is 3.33. The summed E-state index contributed by atoms with van der Waals surface area (Å²) in [6.45, 7) is 6.47. The van der Waals surface area contributed by atoms with Gasteiger partial charge >= 0.3 is 0 Å². The van der Waals surface area contributed by atoms with Crippen LogP contribution in [0.4, 0.5) is 0 Å². The Labute approximate surface area is 161 Å². The maximum atomic E-state index is 13.2. The van der Waals surface area contributed by atoms with Crippen LogP contribution in [-0.4, -0.2) is 61.0 Å². The van der Waals surface area contributed by atoms with Gasteiger partial charge in [0.2, 0.25) is 11.8 Å². The largest absolute Gasteiger partial charge is 0.381 e. The molecular formula is C22H30N2O3. The van der Waals surface area contributed by atoms with E-state index in [1.54, 1.807) is 0 Å². The first-order valence-electron chi connectivity index (χ1n) is 10.3.